The molecule has 2 rings (SSSR count). The van der Waals surface area contributed by atoms with E-state index in [4.69, 9.17) is 4.52 Å². The van der Waals surface area contributed by atoms with Gasteiger partial charge in [-0.2, -0.15) is 4.98 Å². The largest absolute Gasteiger partial charge is 0.340 e. The molecule has 1 aliphatic rings. The molecule has 1 saturated heterocycles. The molecule has 0 unspecified atom stereocenters. The van der Waals surface area contributed by atoms with Crippen LogP contribution in [0.25, 0.3) is 0 Å². The maximum Gasteiger partial charge on any atom is 0.243 e. The van der Waals surface area contributed by atoms with Gasteiger partial charge in [-0.3, -0.25) is 4.79 Å². The van der Waals surface area contributed by atoms with Crippen molar-refractivity contribution in [2.75, 3.05) is 19.3 Å². The zero-order chi connectivity index (χ0) is 17.3. The minimum absolute atomic E-state index is 0.0192. The van der Waals surface area contributed by atoms with E-state index in [0.717, 1.165) is 19.1 Å². The smallest absolute Gasteiger partial charge is 0.243 e. The number of hydrogen-bond donors (Lipinski definition) is 1. The van der Waals surface area contributed by atoms with E-state index >= 15 is 0 Å². The van der Waals surface area contributed by atoms with Crippen molar-refractivity contribution in [2.24, 2.45) is 0 Å². The van der Waals surface area contributed by atoms with Crippen molar-refractivity contribution in [3.63, 3.8) is 0 Å². The van der Waals surface area contributed by atoms with Gasteiger partial charge in [0, 0.05) is 25.4 Å². The third kappa shape index (κ3) is 4.51. The van der Waals surface area contributed by atoms with Gasteiger partial charge >= 0.3 is 0 Å². The van der Waals surface area contributed by atoms with Gasteiger partial charge < -0.3 is 9.42 Å². The second-order valence-electron chi connectivity index (χ2n) is 6.49. The molecular formula is C14H24N4O4S. The van der Waals surface area contributed by atoms with Crippen molar-refractivity contribution in [1.29, 1.82) is 0 Å². The first-order chi connectivity index (χ1) is 10.6. The molecule has 0 bridgehead atoms. The van der Waals surface area contributed by atoms with E-state index in [1.165, 1.54) is 0 Å². The van der Waals surface area contributed by atoms with Crippen LogP contribution in [0.5, 0.6) is 0 Å². The number of carbonyl (C=O) groups is 1. The summed E-state index contributed by atoms with van der Waals surface area (Å²) in [5, 5.41) is 3.99. The van der Waals surface area contributed by atoms with Gasteiger partial charge in [0.1, 0.15) is 5.54 Å². The maximum atomic E-state index is 12.7. The standard InChI is InChI=1S/C14H24N4O4S/c1-5-11-15-12(16-22-11)10-7-6-8-18(9-10)13(19)14(2,3)17-23(4,20)21/h10,17H,5-9H2,1-4H3/t10-/m0/s1. The van der Waals surface area contributed by atoms with Crippen molar-refractivity contribution in [2.45, 2.75) is 51.5 Å². The fourth-order valence-electron chi connectivity index (χ4n) is 2.85. The number of amides is 1. The number of aromatic nitrogens is 2. The van der Waals surface area contributed by atoms with Crippen LogP contribution in [0.15, 0.2) is 4.52 Å². The molecule has 1 aliphatic heterocycles. The normalized spacial score (nSPS) is 19.8. The highest BCUT2D eigenvalue weighted by Crippen LogP contribution is 2.26. The van der Waals surface area contributed by atoms with E-state index in [0.29, 0.717) is 31.2 Å². The second kappa shape index (κ2) is 6.56. The Hall–Kier alpha value is -1.48. The molecular weight excluding hydrogens is 320 g/mol. The van der Waals surface area contributed by atoms with Crippen LogP contribution < -0.4 is 4.72 Å². The molecule has 0 spiro atoms. The van der Waals surface area contributed by atoms with E-state index < -0.39 is 15.6 Å². The average molecular weight is 344 g/mol. The Bertz CT molecular complexity index is 668. The summed E-state index contributed by atoms with van der Waals surface area (Å²) in [5.41, 5.74) is -1.18. The summed E-state index contributed by atoms with van der Waals surface area (Å²) in [6, 6.07) is 0. The van der Waals surface area contributed by atoms with E-state index in [1.54, 1.807) is 18.7 Å². The Morgan fingerprint density at radius 2 is 2.17 bits per heavy atom. The molecule has 1 amide bonds. The number of sulfonamides is 1. The highest BCUT2D eigenvalue weighted by molar-refractivity contribution is 7.88. The molecule has 2 heterocycles. The molecule has 0 radical (unpaired) electrons. The molecule has 0 aliphatic carbocycles. The van der Waals surface area contributed by atoms with Crippen molar-refractivity contribution in [3.8, 4) is 0 Å². The zero-order valence-corrected chi connectivity index (χ0v) is 14.8. The monoisotopic (exact) mass is 344 g/mol. The number of piperidine rings is 1. The lowest BCUT2D eigenvalue weighted by atomic mass is 9.95. The molecule has 0 saturated carbocycles. The molecule has 9 heteroatoms. The minimum atomic E-state index is -3.47. The van der Waals surface area contributed by atoms with Gasteiger partial charge in [0.15, 0.2) is 5.82 Å². The van der Waals surface area contributed by atoms with E-state index in [-0.39, 0.29) is 11.8 Å². The van der Waals surface area contributed by atoms with Crippen molar-refractivity contribution < 1.29 is 17.7 Å². The highest BCUT2D eigenvalue weighted by Gasteiger charge is 2.37. The Morgan fingerprint density at radius 3 is 2.74 bits per heavy atom. The van der Waals surface area contributed by atoms with Crippen molar-refractivity contribution in [3.05, 3.63) is 11.7 Å². The first kappa shape index (κ1) is 17.9. The number of hydrogen-bond acceptors (Lipinski definition) is 6. The molecule has 1 fully saturated rings. The number of nitrogens with zero attached hydrogens (tertiary/aromatic N) is 3. The SMILES string of the molecule is CCc1nc([C@H]2CCCN(C(=O)C(C)(C)NS(C)(=O)=O)C2)no1. The lowest BCUT2D eigenvalue weighted by Crippen LogP contribution is -2.57. The third-order valence-electron chi connectivity index (χ3n) is 3.84. The number of rotatable bonds is 5. The first-order valence-electron chi connectivity index (χ1n) is 7.73. The van der Waals surface area contributed by atoms with Crippen LogP contribution in [0.1, 0.15) is 51.2 Å². The zero-order valence-electron chi connectivity index (χ0n) is 14.0. The minimum Gasteiger partial charge on any atom is -0.340 e. The Kier molecular flexibility index (Phi) is 5.10. The average Bonchev–Trinajstić information content (AvgIpc) is 2.93. The van der Waals surface area contributed by atoms with Crippen LogP contribution in [0, 0.1) is 0 Å². The quantitative estimate of drug-likeness (QED) is 0.841. The van der Waals surface area contributed by atoms with Crippen LogP contribution in [0.3, 0.4) is 0 Å². The summed E-state index contributed by atoms with van der Waals surface area (Å²) in [5.74, 6) is 0.980. The summed E-state index contributed by atoms with van der Waals surface area (Å²) < 4.78 is 30.4. The summed E-state index contributed by atoms with van der Waals surface area (Å²) in [4.78, 5) is 18.7. The van der Waals surface area contributed by atoms with Crippen LogP contribution in [-0.2, 0) is 21.2 Å². The van der Waals surface area contributed by atoms with Gasteiger partial charge in [-0.25, -0.2) is 13.1 Å². The van der Waals surface area contributed by atoms with Crippen LogP contribution >= 0.6 is 0 Å². The van der Waals surface area contributed by atoms with Gasteiger partial charge in [0.05, 0.1) is 6.26 Å². The summed E-state index contributed by atoms with van der Waals surface area (Å²) >= 11 is 0. The Labute approximate surface area is 136 Å². The molecule has 8 nitrogen and oxygen atoms in total. The Morgan fingerprint density at radius 1 is 1.48 bits per heavy atom. The summed E-state index contributed by atoms with van der Waals surface area (Å²) in [6.07, 6.45) is 3.42. The molecule has 1 atom stereocenters. The number of carbonyl (C=O) groups excluding carboxylic acids is 1. The molecule has 1 N–H and O–H groups in total. The summed E-state index contributed by atoms with van der Waals surface area (Å²) in [7, 11) is -3.47. The van der Waals surface area contributed by atoms with Gasteiger partial charge in [-0.1, -0.05) is 12.1 Å². The number of likely N-dealkylation sites (tertiary alicyclic amines) is 1. The van der Waals surface area contributed by atoms with Gasteiger partial charge in [-0.05, 0) is 26.7 Å². The van der Waals surface area contributed by atoms with Gasteiger partial charge in [0.25, 0.3) is 0 Å². The lowest BCUT2D eigenvalue weighted by molar-refractivity contribution is -0.137. The van der Waals surface area contributed by atoms with Crippen molar-refractivity contribution >= 4 is 15.9 Å². The molecule has 1 aromatic rings. The predicted octanol–water partition coefficient (Wildman–Crippen LogP) is 0.666. The van der Waals surface area contributed by atoms with E-state index in [9.17, 15) is 13.2 Å². The van der Waals surface area contributed by atoms with Gasteiger partial charge in [-0.15, -0.1) is 0 Å². The molecule has 1 aromatic heterocycles. The number of aryl methyl sites for hydroxylation is 1. The fraction of sp³-hybridized carbons (Fsp3) is 0.786. The van der Waals surface area contributed by atoms with Crippen molar-refractivity contribution in [1.82, 2.24) is 19.8 Å². The number of nitrogens with one attached hydrogen (secondary N) is 1. The van der Waals surface area contributed by atoms with Crippen LogP contribution in [0.4, 0.5) is 0 Å². The van der Waals surface area contributed by atoms with E-state index in [2.05, 4.69) is 14.9 Å². The second-order valence-corrected chi connectivity index (χ2v) is 8.24. The van der Waals surface area contributed by atoms with E-state index in [1.807, 2.05) is 6.92 Å². The highest BCUT2D eigenvalue weighted by atomic mass is 32.2. The Balaban J connectivity index is 2.09. The van der Waals surface area contributed by atoms with Crippen LogP contribution in [-0.4, -0.2) is 54.2 Å². The lowest BCUT2D eigenvalue weighted by Gasteiger charge is -2.36. The predicted molar refractivity (Wildman–Crippen MR) is 84.3 cm³/mol. The molecule has 130 valence electrons. The first-order valence-corrected chi connectivity index (χ1v) is 9.62. The summed E-state index contributed by atoms with van der Waals surface area (Å²) in [6.45, 7) is 6.15. The molecule has 23 heavy (non-hydrogen) atoms. The third-order valence-corrected chi connectivity index (χ3v) is 4.72. The fourth-order valence-corrected chi connectivity index (χ4v) is 3.87. The maximum absolute atomic E-state index is 12.7. The van der Waals surface area contributed by atoms with Crippen LogP contribution in [0.2, 0.25) is 0 Å². The molecule has 0 aromatic carbocycles. The topological polar surface area (TPSA) is 105 Å². The van der Waals surface area contributed by atoms with Gasteiger partial charge in [0.2, 0.25) is 21.8 Å².